The standard InChI is InChI=1S/C19H16N6S/c1-10-8-11-14(7-6-13-17(11)18(20)24-19(21)23-13)25(10)9-16-22-12-4-2-3-5-15(12)26-16/h2-8H,9H2,1H3,(H4,20,21,23,24). The maximum absolute atomic E-state index is 6.14. The number of rotatable bonds is 2. The second-order valence-corrected chi connectivity index (χ2v) is 7.42. The van der Waals surface area contributed by atoms with E-state index in [1.165, 1.54) is 4.70 Å². The van der Waals surface area contributed by atoms with Crippen molar-refractivity contribution in [2.45, 2.75) is 13.5 Å². The Bertz CT molecular complexity index is 1270. The Hall–Kier alpha value is -3.19. The highest BCUT2D eigenvalue weighted by atomic mass is 32.1. The fourth-order valence-corrected chi connectivity index (χ4v) is 4.43. The first kappa shape index (κ1) is 15.1. The van der Waals surface area contributed by atoms with Crippen LogP contribution in [0.4, 0.5) is 11.8 Å². The summed E-state index contributed by atoms with van der Waals surface area (Å²) in [5.41, 5.74) is 15.9. The van der Waals surface area contributed by atoms with E-state index in [1.807, 2.05) is 24.3 Å². The minimum Gasteiger partial charge on any atom is -0.383 e. The third kappa shape index (κ3) is 2.21. The molecular formula is C19H16N6S. The molecule has 0 atom stereocenters. The van der Waals surface area contributed by atoms with Gasteiger partial charge in [0.2, 0.25) is 5.95 Å². The minimum atomic E-state index is 0.194. The van der Waals surface area contributed by atoms with Crippen molar-refractivity contribution in [2.24, 2.45) is 0 Å². The zero-order valence-electron chi connectivity index (χ0n) is 14.1. The van der Waals surface area contributed by atoms with Gasteiger partial charge >= 0.3 is 0 Å². The number of anilines is 2. The van der Waals surface area contributed by atoms with Gasteiger partial charge in [-0.15, -0.1) is 11.3 Å². The molecule has 0 aliphatic heterocycles. The Labute approximate surface area is 153 Å². The van der Waals surface area contributed by atoms with Crippen LogP contribution in [-0.2, 0) is 6.54 Å². The van der Waals surface area contributed by atoms with Gasteiger partial charge in [0.05, 0.1) is 27.7 Å². The molecule has 5 aromatic rings. The van der Waals surface area contributed by atoms with Crippen molar-refractivity contribution in [2.75, 3.05) is 11.5 Å². The van der Waals surface area contributed by atoms with E-state index in [1.54, 1.807) is 11.3 Å². The number of aryl methyl sites for hydroxylation is 1. The van der Waals surface area contributed by atoms with E-state index >= 15 is 0 Å². The lowest BCUT2D eigenvalue weighted by Gasteiger charge is -2.07. The number of thiazole rings is 1. The molecular weight excluding hydrogens is 344 g/mol. The second kappa shape index (κ2) is 5.40. The third-order valence-corrected chi connectivity index (χ3v) is 5.65. The number of hydrogen-bond donors (Lipinski definition) is 2. The summed E-state index contributed by atoms with van der Waals surface area (Å²) in [6, 6.07) is 14.3. The van der Waals surface area contributed by atoms with Crippen molar-refractivity contribution >= 4 is 55.1 Å². The first-order valence-corrected chi connectivity index (χ1v) is 9.08. The first-order valence-electron chi connectivity index (χ1n) is 8.26. The van der Waals surface area contributed by atoms with Gasteiger partial charge in [0.1, 0.15) is 10.8 Å². The molecule has 26 heavy (non-hydrogen) atoms. The highest BCUT2D eigenvalue weighted by Crippen LogP contribution is 2.32. The maximum atomic E-state index is 6.14. The van der Waals surface area contributed by atoms with Crippen LogP contribution in [-0.4, -0.2) is 19.5 Å². The van der Waals surface area contributed by atoms with Crippen molar-refractivity contribution in [1.82, 2.24) is 19.5 Å². The Morgan fingerprint density at radius 1 is 1.00 bits per heavy atom. The van der Waals surface area contributed by atoms with Crippen LogP contribution in [0.5, 0.6) is 0 Å². The molecule has 0 unspecified atom stereocenters. The highest BCUT2D eigenvalue weighted by molar-refractivity contribution is 7.18. The molecule has 6 nitrogen and oxygen atoms in total. The number of benzene rings is 2. The normalized spacial score (nSPS) is 11.7. The first-order chi connectivity index (χ1) is 12.6. The SMILES string of the molecule is Cc1cc2c3c(N)nc(N)nc3ccc2n1Cc1nc2ccccc2s1. The quantitative estimate of drug-likeness (QED) is 0.500. The average molecular weight is 360 g/mol. The summed E-state index contributed by atoms with van der Waals surface area (Å²) < 4.78 is 3.46. The molecule has 0 fully saturated rings. The molecule has 128 valence electrons. The van der Waals surface area contributed by atoms with E-state index in [0.717, 1.165) is 44.6 Å². The average Bonchev–Trinajstić information content (AvgIpc) is 3.15. The Kier molecular flexibility index (Phi) is 3.14. The van der Waals surface area contributed by atoms with Crippen LogP contribution in [0.15, 0.2) is 42.5 Å². The molecule has 0 saturated heterocycles. The largest absolute Gasteiger partial charge is 0.383 e. The molecule has 0 amide bonds. The number of nitrogens with zero attached hydrogens (tertiary/aromatic N) is 4. The van der Waals surface area contributed by atoms with Crippen molar-refractivity contribution in [3.63, 3.8) is 0 Å². The van der Waals surface area contributed by atoms with Crippen LogP contribution in [0, 0.1) is 6.92 Å². The number of aromatic nitrogens is 4. The molecule has 0 radical (unpaired) electrons. The lowest BCUT2D eigenvalue weighted by atomic mass is 10.1. The van der Waals surface area contributed by atoms with E-state index < -0.39 is 0 Å². The smallest absolute Gasteiger partial charge is 0.222 e. The summed E-state index contributed by atoms with van der Waals surface area (Å²) in [5, 5.41) is 2.97. The predicted molar refractivity (Wildman–Crippen MR) is 107 cm³/mol. The van der Waals surface area contributed by atoms with Gasteiger partial charge in [-0.25, -0.2) is 9.97 Å². The molecule has 7 heteroatoms. The fourth-order valence-electron chi connectivity index (χ4n) is 3.48. The number of hydrogen-bond acceptors (Lipinski definition) is 6. The minimum absolute atomic E-state index is 0.194. The summed E-state index contributed by atoms with van der Waals surface area (Å²) in [6.07, 6.45) is 0. The van der Waals surface area contributed by atoms with E-state index in [9.17, 15) is 0 Å². The zero-order valence-corrected chi connectivity index (χ0v) is 14.9. The van der Waals surface area contributed by atoms with Crippen LogP contribution < -0.4 is 11.5 Å². The summed E-state index contributed by atoms with van der Waals surface area (Å²) in [7, 11) is 0. The van der Waals surface area contributed by atoms with Crippen molar-refractivity contribution in [3.8, 4) is 0 Å². The number of fused-ring (bicyclic) bond motifs is 4. The second-order valence-electron chi connectivity index (χ2n) is 6.31. The Balaban J connectivity index is 1.70. The highest BCUT2D eigenvalue weighted by Gasteiger charge is 2.14. The van der Waals surface area contributed by atoms with Gasteiger partial charge in [0.15, 0.2) is 0 Å². The van der Waals surface area contributed by atoms with Crippen LogP contribution in [0.3, 0.4) is 0 Å². The zero-order chi connectivity index (χ0) is 17.8. The van der Waals surface area contributed by atoms with E-state index in [2.05, 4.69) is 39.7 Å². The van der Waals surface area contributed by atoms with E-state index in [0.29, 0.717) is 5.82 Å². The van der Waals surface area contributed by atoms with Crippen LogP contribution >= 0.6 is 11.3 Å². The summed E-state index contributed by atoms with van der Waals surface area (Å²) in [5.74, 6) is 0.607. The molecule has 2 aromatic carbocycles. The van der Waals surface area contributed by atoms with Gasteiger partial charge in [-0.3, -0.25) is 0 Å². The van der Waals surface area contributed by atoms with E-state index in [4.69, 9.17) is 16.5 Å². The molecule has 5 rings (SSSR count). The molecule has 3 heterocycles. The van der Waals surface area contributed by atoms with Gasteiger partial charge in [0.25, 0.3) is 0 Å². The van der Waals surface area contributed by atoms with Crippen LogP contribution in [0.2, 0.25) is 0 Å². The molecule has 0 aliphatic carbocycles. The number of para-hydroxylation sites is 1. The topological polar surface area (TPSA) is 95.6 Å². The molecule has 0 spiro atoms. The van der Waals surface area contributed by atoms with Crippen molar-refractivity contribution < 1.29 is 0 Å². The molecule has 0 saturated carbocycles. The lowest BCUT2D eigenvalue weighted by molar-refractivity contribution is 0.800. The van der Waals surface area contributed by atoms with E-state index in [-0.39, 0.29) is 5.95 Å². The summed E-state index contributed by atoms with van der Waals surface area (Å²) in [6.45, 7) is 2.81. The fraction of sp³-hybridized carbons (Fsp3) is 0.105. The lowest BCUT2D eigenvalue weighted by Crippen LogP contribution is -2.02. The van der Waals surface area contributed by atoms with Crippen LogP contribution in [0.1, 0.15) is 10.7 Å². The molecule has 0 bridgehead atoms. The number of nitrogens with two attached hydrogens (primary N) is 2. The predicted octanol–water partition coefficient (Wildman–Crippen LogP) is 3.72. The van der Waals surface area contributed by atoms with Gasteiger partial charge < -0.3 is 16.0 Å². The Morgan fingerprint density at radius 2 is 1.85 bits per heavy atom. The third-order valence-electron chi connectivity index (χ3n) is 4.63. The van der Waals surface area contributed by atoms with Gasteiger partial charge in [-0.2, -0.15) is 4.98 Å². The van der Waals surface area contributed by atoms with Crippen molar-refractivity contribution in [3.05, 3.63) is 53.2 Å². The van der Waals surface area contributed by atoms with Crippen LogP contribution in [0.25, 0.3) is 32.0 Å². The summed E-state index contributed by atoms with van der Waals surface area (Å²) >= 11 is 1.72. The van der Waals surface area contributed by atoms with Gasteiger partial charge in [-0.1, -0.05) is 12.1 Å². The monoisotopic (exact) mass is 360 g/mol. The van der Waals surface area contributed by atoms with Crippen molar-refractivity contribution in [1.29, 1.82) is 0 Å². The number of nitrogen functional groups attached to an aromatic ring is 2. The van der Waals surface area contributed by atoms with Gasteiger partial charge in [0, 0.05) is 16.6 Å². The summed E-state index contributed by atoms with van der Waals surface area (Å²) in [4.78, 5) is 13.2. The molecule has 3 aromatic heterocycles. The molecule has 4 N–H and O–H groups in total. The Morgan fingerprint density at radius 3 is 2.69 bits per heavy atom. The van der Waals surface area contributed by atoms with Gasteiger partial charge in [-0.05, 0) is 37.3 Å². The molecule has 0 aliphatic rings. The maximum Gasteiger partial charge on any atom is 0.222 e.